The summed E-state index contributed by atoms with van der Waals surface area (Å²) in [6.45, 7) is 1.99. The first-order chi connectivity index (χ1) is 9.44. The van der Waals surface area contributed by atoms with E-state index in [9.17, 15) is 20.0 Å². The number of aryl methyl sites for hydroxylation is 1. The molecule has 0 bridgehead atoms. The van der Waals surface area contributed by atoms with Crippen LogP contribution in [0.2, 0.25) is 0 Å². The Kier molecular flexibility index (Phi) is 3.92. The lowest BCUT2D eigenvalue weighted by atomic mass is 9.86. The van der Waals surface area contributed by atoms with E-state index in [0.29, 0.717) is 30.6 Å². The fraction of sp³-hybridized carbons (Fsp3) is 0.500. The summed E-state index contributed by atoms with van der Waals surface area (Å²) in [7, 11) is 0. The number of hydrogen-bond acceptors (Lipinski definition) is 4. The topological polar surface area (TPSA) is 92.5 Å². The fourth-order valence-electron chi connectivity index (χ4n) is 2.71. The molecule has 2 rings (SSSR count). The van der Waals surface area contributed by atoms with Crippen LogP contribution in [0.15, 0.2) is 18.2 Å². The van der Waals surface area contributed by atoms with Gasteiger partial charge in [-0.25, -0.2) is 0 Å². The van der Waals surface area contributed by atoms with E-state index in [4.69, 9.17) is 0 Å². The number of carboxylic acids is 1. The van der Waals surface area contributed by atoms with Gasteiger partial charge in [0.1, 0.15) is 0 Å². The molecule has 6 heteroatoms. The van der Waals surface area contributed by atoms with Crippen molar-refractivity contribution in [2.24, 2.45) is 5.41 Å². The summed E-state index contributed by atoms with van der Waals surface area (Å²) in [5, 5.41) is 23.3. The molecule has 0 radical (unpaired) electrons. The van der Waals surface area contributed by atoms with Crippen molar-refractivity contribution >= 4 is 17.3 Å². The molecule has 0 saturated heterocycles. The molecule has 2 N–H and O–H groups in total. The Bertz CT molecular complexity index is 536. The average molecular weight is 278 g/mol. The highest BCUT2D eigenvalue weighted by molar-refractivity contribution is 5.76. The molecule has 0 spiro atoms. The summed E-state index contributed by atoms with van der Waals surface area (Å²) < 4.78 is 0. The molecule has 1 fully saturated rings. The molecule has 0 aromatic heterocycles. The van der Waals surface area contributed by atoms with Gasteiger partial charge < -0.3 is 10.4 Å². The van der Waals surface area contributed by atoms with Crippen LogP contribution in [0.25, 0.3) is 0 Å². The number of nitrogens with one attached hydrogen (secondary N) is 1. The summed E-state index contributed by atoms with van der Waals surface area (Å²) >= 11 is 0. The van der Waals surface area contributed by atoms with E-state index in [0.717, 1.165) is 12.8 Å². The van der Waals surface area contributed by atoms with E-state index >= 15 is 0 Å². The van der Waals surface area contributed by atoms with Gasteiger partial charge in [-0.15, -0.1) is 0 Å². The molecule has 0 atom stereocenters. The molecule has 0 amide bonds. The second-order valence-electron chi connectivity index (χ2n) is 5.40. The van der Waals surface area contributed by atoms with Gasteiger partial charge in [0, 0.05) is 23.9 Å². The fourth-order valence-corrected chi connectivity index (χ4v) is 2.71. The zero-order valence-corrected chi connectivity index (χ0v) is 11.4. The zero-order valence-electron chi connectivity index (χ0n) is 11.4. The van der Waals surface area contributed by atoms with Crippen molar-refractivity contribution in [2.45, 2.75) is 32.6 Å². The van der Waals surface area contributed by atoms with Crippen LogP contribution in [0.3, 0.4) is 0 Å². The van der Waals surface area contributed by atoms with Crippen LogP contribution < -0.4 is 5.32 Å². The number of benzene rings is 1. The quantitative estimate of drug-likeness (QED) is 0.638. The van der Waals surface area contributed by atoms with Crippen molar-refractivity contribution in [2.75, 3.05) is 11.9 Å². The van der Waals surface area contributed by atoms with Gasteiger partial charge in [-0.05, 0) is 25.8 Å². The van der Waals surface area contributed by atoms with Crippen LogP contribution in [0, 0.1) is 22.5 Å². The summed E-state index contributed by atoms with van der Waals surface area (Å²) in [5.74, 6) is -0.788. The summed E-state index contributed by atoms with van der Waals surface area (Å²) in [6.07, 6.45) is 3.15. The molecule has 0 heterocycles. The summed E-state index contributed by atoms with van der Waals surface area (Å²) in [4.78, 5) is 21.9. The van der Waals surface area contributed by atoms with Crippen molar-refractivity contribution in [3.05, 3.63) is 33.9 Å². The Morgan fingerprint density at radius 1 is 1.45 bits per heavy atom. The molecular weight excluding hydrogens is 260 g/mol. The van der Waals surface area contributed by atoms with Crippen LogP contribution in [0.4, 0.5) is 11.4 Å². The van der Waals surface area contributed by atoms with Gasteiger partial charge in [-0.2, -0.15) is 0 Å². The van der Waals surface area contributed by atoms with E-state index in [2.05, 4.69) is 5.32 Å². The van der Waals surface area contributed by atoms with Gasteiger partial charge in [0.25, 0.3) is 5.69 Å². The minimum atomic E-state index is -0.788. The number of nitrogens with zero attached hydrogens (tertiary/aromatic N) is 1. The number of carboxylic acid groups (broad SMARTS) is 1. The lowest BCUT2D eigenvalue weighted by Gasteiger charge is -2.24. The smallest absolute Gasteiger partial charge is 0.311 e. The summed E-state index contributed by atoms with van der Waals surface area (Å²) in [6, 6.07) is 4.87. The Labute approximate surface area is 117 Å². The Hall–Kier alpha value is -2.11. The van der Waals surface area contributed by atoms with Crippen LogP contribution in [0.5, 0.6) is 0 Å². The monoisotopic (exact) mass is 278 g/mol. The third-order valence-electron chi connectivity index (χ3n) is 4.05. The SMILES string of the molecule is Cc1ccc(NCC2(C(=O)O)CCCC2)cc1[N+](=O)[O-]. The molecule has 0 aliphatic heterocycles. The Morgan fingerprint density at radius 3 is 2.65 bits per heavy atom. The number of aliphatic carboxylic acids is 1. The first-order valence-corrected chi connectivity index (χ1v) is 6.67. The second-order valence-corrected chi connectivity index (χ2v) is 5.40. The number of nitro groups is 1. The van der Waals surface area contributed by atoms with Crippen LogP contribution in [-0.4, -0.2) is 22.5 Å². The Balaban J connectivity index is 2.12. The standard InChI is InChI=1S/C14H18N2O4/c1-10-4-5-11(8-12(10)16(19)20)15-9-14(13(17)18)6-2-3-7-14/h4-5,8,15H,2-3,6-7,9H2,1H3,(H,17,18). The predicted octanol–water partition coefficient (Wildman–Crippen LogP) is 2.96. The maximum absolute atomic E-state index is 11.4. The molecule has 1 saturated carbocycles. The number of hydrogen-bond donors (Lipinski definition) is 2. The molecule has 108 valence electrons. The Morgan fingerprint density at radius 2 is 2.10 bits per heavy atom. The van der Waals surface area contributed by atoms with Crippen molar-refractivity contribution < 1.29 is 14.8 Å². The van der Waals surface area contributed by atoms with Crippen molar-refractivity contribution in [1.82, 2.24) is 0 Å². The largest absolute Gasteiger partial charge is 0.481 e. The lowest BCUT2D eigenvalue weighted by molar-refractivity contribution is -0.385. The maximum Gasteiger partial charge on any atom is 0.311 e. The highest BCUT2D eigenvalue weighted by atomic mass is 16.6. The van der Waals surface area contributed by atoms with Gasteiger partial charge in [0.05, 0.1) is 10.3 Å². The normalized spacial score (nSPS) is 16.9. The minimum absolute atomic E-state index is 0.0470. The molecule has 6 nitrogen and oxygen atoms in total. The second kappa shape index (κ2) is 5.48. The van der Waals surface area contributed by atoms with Gasteiger partial charge in [0.15, 0.2) is 0 Å². The van der Waals surface area contributed by atoms with Gasteiger partial charge in [-0.1, -0.05) is 18.9 Å². The maximum atomic E-state index is 11.4. The molecule has 1 aromatic carbocycles. The van der Waals surface area contributed by atoms with Crippen molar-refractivity contribution in [1.29, 1.82) is 0 Å². The van der Waals surface area contributed by atoms with E-state index in [1.54, 1.807) is 19.1 Å². The molecular formula is C14H18N2O4. The predicted molar refractivity (Wildman–Crippen MR) is 74.9 cm³/mol. The molecule has 1 aliphatic rings. The summed E-state index contributed by atoms with van der Waals surface area (Å²) in [5.41, 5.74) is 0.495. The van der Waals surface area contributed by atoms with E-state index in [1.807, 2.05) is 0 Å². The van der Waals surface area contributed by atoms with E-state index in [1.165, 1.54) is 6.07 Å². The highest BCUT2D eigenvalue weighted by Crippen LogP contribution is 2.38. The van der Waals surface area contributed by atoms with Crippen LogP contribution in [0.1, 0.15) is 31.2 Å². The van der Waals surface area contributed by atoms with Crippen molar-refractivity contribution in [3.63, 3.8) is 0 Å². The van der Waals surface area contributed by atoms with Crippen LogP contribution >= 0.6 is 0 Å². The lowest BCUT2D eigenvalue weighted by Crippen LogP contribution is -2.35. The molecule has 20 heavy (non-hydrogen) atoms. The molecule has 0 unspecified atom stereocenters. The number of carbonyl (C=O) groups is 1. The van der Waals surface area contributed by atoms with Crippen molar-refractivity contribution in [3.8, 4) is 0 Å². The number of anilines is 1. The number of rotatable bonds is 5. The first-order valence-electron chi connectivity index (χ1n) is 6.67. The van der Waals surface area contributed by atoms with E-state index < -0.39 is 16.3 Å². The zero-order chi connectivity index (χ0) is 14.8. The minimum Gasteiger partial charge on any atom is -0.481 e. The van der Waals surface area contributed by atoms with E-state index in [-0.39, 0.29) is 5.69 Å². The van der Waals surface area contributed by atoms with Crippen LogP contribution in [-0.2, 0) is 4.79 Å². The average Bonchev–Trinajstić information content (AvgIpc) is 2.87. The van der Waals surface area contributed by atoms with Gasteiger partial charge in [-0.3, -0.25) is 14.9 Å². The third-order valence-corrected chi connectivity index (χ3v) is 4.05. The number of nitro benzene ring substituents is 1. The first kappa shape index (κ1) is 14.3. The van der Waals surface area contributed by atoms with Gasteiger partial charge in [0.2, 0.25) is 0 Å². The highest BCUT2D eigenvalue weighted by Gasteiger charge is 2.41. The van der Waals surface area contributed by atoms with Gasteiger partial charge >= 0.3 is 5.97 Å². The molecule has 1 aromatic rings. The third kappa shape index (κ3) is 2.74. The molecule has 1 aliphatic carbocycles.